The Morgan fingerprint density at radius 2 is 1.84 bits per heavy atom. The maximum absolute atomic E-state index is 12.6. The minimum Gasteiger partial charge on any atom is -0.492 e. The van der Waals surface area contributed by atoms with Crippen LogP contribution < -0.4 is 16.0 Å². The molecule has 164 valence electrons. The second-order valence-electron chi connectivity index (χ2n) is 7.88. The lowest BCUT2D eigenvalue weighted by Crippen LogP contribution is -2.51. The maximum atomic E-state index is 12.6. The lowest BCUT2D eigenvalue weighted by Gasteiger charge is -2.33. The van der Waals surface area contributed by atoms with E-state index in [-0.39, 0.29) is 11.6 Å². The molecule has 0 bridgehead atoms. The molecular formula is C23H24N6O3. The van der Waals surface area contributed by atoms with E-state index in [4.69, 9.17) is 10.5 Å². The Morgan fingerprint density at radius 3 is 2.66 bits per heavy atom. The number of aromatic nitrogens is 3. The standard InChI is InChI=1S/C23H24N6O3/c24-23(31)29-9-7-28(8-10-29)11-12-32-16-5-6-19-20(14-16)26-21(25-19)17-13-15-3-1-2-4-18(15)27-22(17)30/h1-6,13-14H,7-12H2,(H2,24,31)(H,25,26)(H,27,30). The number of amides is 2. The number of primary amides is 1. The van der Waals surface area contributed by atoms with Crippen LogP contribution in [0, 0.1) is 0 Å². The molecule has 1 fully saturated rings. The van der Waals surface area contributed by atoms with E-state index in [2.05, 4.69) is 19.9 Å². The summed E-state index contributed by atoms with van der Waals surface area (Å²) in [4.78, 5) is 38.4. The number of urea groups is 1. The van der Waals surface area contributed by atoms with Crippen LogP contribution in [0.4, 0.5) is 4.79 Å². The number of piperazine rings is 1. The van der Waals surface area contributed by atoms with Crippen molar-refractivity contribution in [2.45, 2.75) is 0 Å². The number of H-pyrrole nitrogens is 2. The summed E-state index contributed by atoms with van der Waals surface area (Å²) in [5.41, 5.74) is 8.00. The van der Waals surface area contributed by atoms with Gasteiger partial charge >= 0.3 is 6.03 Å². The van der Waals surface area contributed by atoms with Gasteiger partial charge in [0, 0.05) is 44.3 Å². The number of nitrogens with zero attached hydrogens (tertiary/aromatic N) is 3. The van der Waals surface area contributed by atoms with E-state index in [0.717, 1.165) is 47.3 Å². The second-order valence-corrected chi connectivity index (χ2v) is 7.88. The molecule has 1 aliphatic rings. The number of para-hydroxylation sites is 1. The predicted molar refractivity (Wildman–Crippen MR) is 123 cm³/mol. The maximum Gasteiger partial charge on any atom is 0.314 e. The highest BCUT2D eigenvalue weighted by atomic mass is 16.5. The van der Waals surface area contributed by atoms with Gasteiger partial charge in [-0.25, -0.2) is 9.78 Å². The van der Waals surface area contributed by atoms with Crippen LogP contribution in [0.15, 0.2) is 53.3 Å². The van der Waals surface area contributed by atoms with Crippen molar-refractivity contribution in [2.24, 2.45) is 5.73 Å². The van der Waals surface area contributed by atoms with Gasteiger partial charge in [0.1, 0.15) is 18.2 Å². The molecule has 1 saturated heterocycles. The number of carbonyl (C=O) groups is 1. The van der Waals surface area contributed by atoms with Gasteiger partial charge in [-0.3, -0.25) is 9.69 Å². The van der Waals surface area contributed by atoms with Crippen LogP contribution >= 0.6 is 0 Å². The third-order valence-electron chi connectivity index (χ3n) is 5.82. The molecule has 0 saturated carbocycles. The zero-order valence-corrected chi connectivity index (χ0v) is 17.5. The molecule has 0 radical (unpaired) electrons. The number of benzene rings is 2. The molecule has 2 aromatic carbocycles. The van der Waals surface area contributed by atoms with E-state index in [9.17, 15) is 9.59 Å². The normalized spacial score (nSPS) is 14.8. The van der Waals surface area contributed by atoms with Crippen LogP contribution in [0.5, 0.6) is 5.75 Å². The summed E-state index contributed by atoms with van der Waals surface area (Å²) in [5.74, 6) is 1.26. The number of hydrogen-bond acceptors (Lipinski definition) is 5. The molecule has 5 rings (SSSR count). The molecule has 9 heteroatoms. The highest BCUT2D eigenvalue weighted by Gasteiger charge is 2.18. The summed E-state index contributed by atoms with van der Waals surface area (Å²) in [6.07, 6.45) is 0. The summed E-state index contributed by atoms with van der Waals surface area (Å²) in [6.45, 7) is 4.17. The summed E-state index contributed by atoms with van der Waals surface area (Å²) in [7, 11) is 0. The fourth-order valence-corrected chi connectivity index (χ4v) is 4.01. The first-order valence-corrected chi connectivity index (χ1v) is 10.6. The molecule has 9 nitrogen and oxygen atoms in total. The molecule has 4 aromatic rings. The van der Waals surface area contributed by atoms with Gasteiger partial charge in [0.2, 0.25) is 0 Å². The summed E-state index contributed by atoms with van der Waals surface area (Å²) < 4.78 is 5.92. The fourth-order valence-electron chi connectivity index (χ4n) is 4.01. The topological polar surface area (TPSA) is 120 Å². The average molecular weight is 432 g/mol. The summed E-state index contributed by atoms with van der Waals surface area (Å²) in [6, 6.07) is 14.8. The Labute approximate surface area is 183 Å². The van der Waals surface area contributed by atoms with Crippen LogP contribution in [0.3, 0.4) is 0 Å². The lowest BCUT2D eigenvalue weighted by molar-refractivity contribution is 0.130. The van der Waals surface area contributed by atoms with E-state index >= 15 is 0 Å². The van der Waals surface area contributed by atoms with Crippen LogP contribution in [0.25, 0.3) is 33.3 Å². The van der Waals surface area contributed by atoms with Crippen molar-refractivity contribution < 1.29 is 9.53 Å². The molecule has 32 heavy (non-hydrogen) atoms. The predicted octanol–water partition coefficient (Wildman–Crippen LogP) is 2.15. The zero-order valence-electron chi connectivity index (χ0n) is 17.5. The molecular weight excluding hydrogens is 408 g/mol. The first kappa shape index (κ1) is 20.1. The second kappa shape index (κ2) is 8.35. The van der Waals surface area contributed by atoms with Gasteiger partial charge < -0.3 is 25.3 Å². The van der Waals surface area contributed by atoms with Crippen LogP contribution in [-0.2, 0) is 0 Å². The molecule has 0 spiro atoms. The van der Waals surface area contributed by atoms with Crippen LogP contribution in [0.2, 0.25) is 0 Å². The number of rotatable bonds is 5. The Morgan fingerprint density at radius 1 is 1.03 bits per heavy atom. The van der Waals surface area contributed by atoms with Crippen molar-refractivity contribution in [1.82, 2.24) is 24.8 Å². The van der Waals surface area contributed by atoms with Crippen molar-refractivity contribution >= 4 is 28.0 Å². The van der Waals surface area contributed by atoms with Crippen molar-refractivity contribution in [2.75, 3.05) is 39.3 Å². The quantitative estimate of drug-likeness (QED) is 0.446. The number of hydrogen-bond donors (Lipinski definition) is 3. The lowest BCUT2D eigenvalue weighted by atomic mass is 10.1. The van der Waals surface area contributed by atoms with E-state index in [1.165, 1.54) is 0 Å². The SMILES string of the molecule is NC(=O)N1CCN(CCOc2ccc3nc(-c4cc5ccccc5[nH]c4=O)[nH]c3c2)CC1. The monoisotopic (exact) mass is 432 g/mol. The Hall–Kier alpha value is -3.85. The third kappa shape index (κ3) is 4.02. The van der Waals surface area contributed by atoms with Gasteiger partial charge in [-0.1, -0.05) is 18.2 Å². The first-order chi connectivity index (χ1) is 15.6. The Kier molecular flexibility index (Phi) is 5.24. The molecule has 2 aromatic heterocycles. The molecule has 4 N–H and O–H groups in total. The Bertz CT molecular complexity index is 1340. The summed E-state index contributed by atoms with van der Waals surface area (Å²) >= 11 is 0. The van der Waals surface area contributed by atoms with Gasteiger partial charge in [-0.15, -0.1) is 0 Å². The van der Waals surface area contributed by atoms with E-state index in [0.29, 0.717) is 31.1 Å². The average Bonchev–Trinajstić information content (AvgIpc) is 3.22. The number of pyridine rings is 1. The molecule has 0 atom stereocenters. The zero-order chi connectivity index (χ0) is 22.1. The van der Waals surface area contributed by atoms with Crippen molar-refractivity contribution in [3.8, 4) is 17.1 Å². The van der Waals surface area contributed by atoms with Gasteiger partial charge in [-0.2, -0.15) is 0 Å². The minimum absolute atomic E-state index is 0.185. The van der Waals surface area contributed by atoms with E-state index in [1.54, 1.807) is 4.90 Å². The molecule has 3 heterocycles. The van der Waals surface area contributed by atoms with E-state index in [1.807, 2.05) is 48.5 Å². The van der Waals surface area contributed by atoms with E-state index < -0.39 is 0 Å². The number of imidazole rings is 1. The fraction of sp³-hybridized carbons (Fsp3) is 0.261. The number of nitrogens with two attached hydrogens (primary N) is 1. The number of aromatic amines is 2. The van der Waals surface area contributed by atoms with Gasteiger partial charge in [0.15, 0.2) is 0 Å². The van der Waals surface area contributed by atoms with Crippen LogP contribution in [-0.4, -0.2) is 70.1 Å². The highest BCUT2D eigenvalue weighted by molar-refractivity contribution is 5.85. The van der Waals surface area contributed by atoms with Crippen molar-refractivity contribution in [3.05, 3.63) is 58.9 Å². The summed E-state index contributed by atoms with van der Waals surface area (Å²) in [5, 5.41) is 0.947. The first-order valence-electron chi connectivity index (χ1n) is 10.6. The number of fused-ring (bicyclic) bond motifs is 2. The number of carbonyl (C=O) groups excluding carboxylic acids is 1. The number of nitrogens with one attached hydrogen (secondary N) is 2. The van der Waals surface area contributed by atoms with Gasteiger partial charge in [0.05, 0.1) is 16.6 Å². The third-order valence-corrected chi connectivity index (χ3v) is 5.82. The molecule has 0 unspecified atom stereocenters. The molecule has 0 aliphatic carbocycles. The van der Waals surface area contributed by atoms with Gasteiger partial charge in [-0.05, 0) is 29.7 Å². The van der Waals surface area contributed by atoms with Gasteiger partial charge in [0.25, 0.3) is 5.56 Å². The largest absolute Gasteiger partial charge is 0.492 e. The van der Waals surface area contributed by atoms with Crippen LogP contribution in [0.1, 0.15) is 0 Å². The molecule has 1 aliphatic heterocycles. The molecule has 2 amide bonds. The number of ether oxygens (including phenoxy) is 1. The highest BCUT2D eigenvalue weighted by Crippen LogP contribution is 2.24. The minimum atomic E-state index is -0.362. The van der Waals surface area contributed by atoms with Crippen molar-refractivity contribution in [1.29, 1.82) is 0 Å². The Balaban J connectivity index is 1.27. The smallest absolute Gasteiger partial charge is 0.314 e. The van der Waals surface area contributed by atoms with Crippen molar-refractivity contribution in [3.63, 3.8) is 0 Å².